The van der Waals surface area contributed by atoms with Crippen molar-refractivity contribution in [1.29, 1.82) is 0 Å². The third kappa shape index (κ3) is 2.78. The van der Waals surface area contributed by atoms with Crippen LogP contribution in [-0.4, -0.2) is 21.9 Å². The number of rotatable bonds is 4. The molecule has 7 heteroatoms. The highest BCUT2D eigenvalue weighted by Crippen LogP contribution is 2.36. The van der Waals surface area contributed by atoms with Gasteiger partial charge in [0.1, 0.15) is 5.69 Å². The molecule has 0 spiro atoms. The van der Waals surface area contributed by atoms with Crippen molar-refractivity contribution in [3.63, 3.8) is 0 Å². The summed E-state index contributed by atoms with van der Waals surface area (Å²) in [6.07, 6.45) is 0. The zero-order valence-electron chi connectivity index (χ0n) is 11.6. The van der Waals surface area contributed by atoms with Crippen LogP contribution in [0, 0.1) is 10.1 Å². The maximum absolute atomic E-state index is 12.0. The highest BCUT2D eigenvalue weighted by Gasteiger charge is 2.29. The molecular formula is C15H12N2O5. The van der Waals surface area contributed by atoms with Gasteiger partial charge in [-0.25, -0.2) is 4.79 Å². The molecule has 112 valence electrons. The summed E-state index contributed by atoms with van der Waals surface area (Å²) < 4.78 is 0. The predicted molar refractivity (Wildman–Crippen MR) is 79.3 cm³/mol. The molecule has 22 heavy (non-hydrogen) atoms. The molecule has 0 saturated heterocycles. The summed E-state index contributed by atoms with van der Waals surface area (Å²) in [5.74, 6) is -1.87. The first kappa shape index (κ1) is 15.2. The van der Waals surface area contributed by atoms with Gasteiger partial charge >= 0.3 is 5.97 Å². The first-order valence-electron chi connectivity index (χ1n) is 6.30. The molecule has 0 fully saturated rings. The summed E-state index contributed by atoms with van der Waals surface area (Å²) >= 11 is 0. The molecule has 0 aromatic heterocycles. The number of nitrogens with zero attached hydrogens (tertiary/aromatic N) is 2. The van der Waals surface area contributed by atoms with Crippen LogP contribution in [0.4, 0.5) is 17.1 Å². The van der Waals surface area contributed by atoms with Gasteiger partial charge in [-0.1, -0.05) is 24.3 Å². The maximum Gasteiger partial charge on any atom is 0.338 e. The molecule has 2 rings (SSSR count). The minimum Gasteiger partial charge on any atom is -0.478 e. The number of anilines is 2. The number of benzene rings is 2. The van der Waals surface area contributed by atoms with Crippen molar-refractivity contribution in [2.75, 3.05) is 4.90 Å². The number of nitro benzene ring substituents is 1. The van der Waals surface area contributed by atoms with Gasteiger partial charge < -0.3 is 5.11 Å². The Balaban J connectivity index is 2.78. The fraction of sp³-hybridized carbons (Fsp3) is 0.0667. The molecule has 1 amide bonds. The van der Waals surface area contributed by atoms with Crippen molar-refractivity contribution >= 4 is 28.9 Å². The van der Waals surface area contributed by atoms with Crippen molar-refractivity contribution in [3.05, 3.63) is 64.2 Å². The number of carboxylic acid groups (broad SMARTS) is 1. The standard InChI is InChI=1S/C15H12N2O5/c1-10(18)16(11-6-3-2-4-7-11)14-12(15(19)20)8-5-9-13(14)17(21)22/h2-9H,1H3,(H,19,20). The SMILES string of the molecule is CC(=O)N(c1ccccc1)c1c(C(=O)O)cccc1[N+](=O)[O-]. The van der Waals surface area contributed by atoms with E-state index in [4.69, 9.17) is 0 Å². The normalized spacial score (nSPS) is 10.0. The summed E-state index contributed by atoms with van der Waals surface area (Å²) in [4.78, 5) is 35.0. The van der Waals surface area contributed by atoms with Crippen LogP contribution in [0.1, 0.15) is 17.3 Å². The number of para-hydroxylation sites is 2. The Morgan fingerprint density at radius 1 is 1.09 bits per heavy atom. The lowest BCUT2D eigenvalue weighted by atomic mass is 10.1. The highest BCUT2D eigenvalue weighted by molar-refractivity contribution is 6.08. The van der Waals surface area contributed by atoms with E-state index in [1.165, 1.54) is 25.1 Å². The van der Waals surface area contributed by atoms with Gasteiger partial charge in [0.2, 0.25) is 5.91 Å². The van der Waals surface area contributed by atoms with Crippen molar-refractivity contribution in [1.82, 2.24) is 0 Å². The molecule has 0 atom stereocenters. The van der Waals surface area contributed by atoms with Crippen LogP contribution in [-0.2, 0) is 4.79 Å². The molecule has 0 bridgehead atoms. The second-order valence-electron chi connectivity index (χ2n) is 4.43. The number of nitro groups is 1. The van der Waals surface area contributed by atoms with Gasteiger partial charge in [0.25, 0.3) is 5.69 Å². The smallest absolute Gasteiger partial charge is 0.338 e. The third-order valence-corrected chi connectivity index (χ3v) is 2.99. The maximum atomic E-state index is 12.0. The van der Waals surface area contributed by atoms with Crippen molar-refractivity contribution < 1.29 is 19.6 Å². The Bertz CT molecular complexity index is 711. The molecule has 0 aliphatic carbocycles. The van der Waals surface area contributed by atoms with E-state index in [1.54, 1.807) is 30.3 Å². The molecule has 1 N–H and O–H groups in total. The molecule has 0 unspecified atom stereocenters. The second kappa shape index (κ2) is 6.04. The Kier molecular flexibility index (Phi) is 4.17. The topological polar surface area (TPSA) is 101 Å². The summed E-state index contributed by atoms with van der Waals surface area (Å²) in [7, 11) is 0. The van der Waals surface area contributed by atoms with E-state index in [9.17, 15) is 24.8 Å². The second-order valence-corrected chi connectivity index (χ2v) is 4.43. The lowest BCUT2D eigenvalue weighted by Crippen LogP contribution is -2.25. The third-order valence-electron chi connectivity index (χ3n) is 2.99. The molecule has 0 aliphatic heterocycles. The molecule has 0 heterocycles. The molecule has 0 aliphatic rings. The number of carboxylic acids is 1. The highest BCUT2D eigenvalue weighted by atomic mass is 16.6. The minimum absolute atomic E-state index is 0.251. The van der Waals surface area contributed by atoms with Crippen LogP contribution in [0.3, 0.4) is 0 Å². The number of aromatic carboxylic acids is 1. The molecule has 0 radical (unpaired) electrons. The van der Waals surface area contributed by atoms with Gasteiger partial charge in [0, 0.05) is 18.7 Å². The van der Waals surface area contributed by atoms with Crippen molar-refractivity contribution in [2.24, 2.45) is 0 Å². The first-order chi connectivity index (χ1) is 10.4. The van der Waals surface area contributed by atoms with Crippen LogP contribution in [0.5, 0.6) is 0 Å². The van der Waals surface area contributed by atoms with Crippen LogP contribution < -0.4 is 4.90 Å². The average molecular weight is 300 g/mol. The fourth-order valence-electron chi connectivity index (χ4n) is 2.13. The Morgan fingerprint density at radius 3 is 2.23 bits per heavy atom. The Morgan fingerprint density at radius 2 is 1.73 bits per heavy atom. The van der Waals surface area contributed by atoms with Gasteiger partial charge in [-0.3, -0.25) is 19.8 Å². The van der Waals surface area contributed by atoms with Crippen LogP contribution in [0.25, 0.3) is 0 Å². The van der Waals surface area contributed by atoms with Gasteiger partial charge in [-0.15, -0.1) is 0 Å². The van der Waals surface area contributed by atoms with Crippen LogP contribution in [0.2, 0.25) is 0 Å². The lowest BCUT2D eigenvalue weighted by Gasteiger charge is -2.22. The summed E-state index contributed by atoms with van der Waals surface area (Å²) in [6, 6.07) is 11.8. The van der Waals surface area contributed by atoms with E-state index < -0.39 is 22.5 Å². The zero-order chi connectivity index (χ0) is 16.3. The van der Waals surface area contributed by atoms with Gasteiger partial charge in [-0.05, 0) is 18.2 Å². The summed E-state index contributed by atoms with van der Waals surface area (Å²) in [5, 5.41) is 20.5. The molecule has 2 aromatic carbocycles. The van der Waals surface area contributed by atoms with Gasteiger partial charge in [0.15, 0.2) is 0 Å². The molecular weight excluding hydrogens is 288 g/mol. The number of amides is 1. The molecule has 7 nitrogen and oxygen atoms in total. The van der Waals surface area contributed by atoms with E-state index in [0.717, 1.165) is 4.90 Å². The quantitative estimate of drug-likeness (QED) is 0.691. The first-order valence-corrected chi connectivity index (χ1v) is 6.30. The summed E-state index contributed by atoms with van der Waals surface area (Å²) in [5.41, 5.74) is -0.655. The van der Waals surface area contributed by atoms with Crippen molar-refractivity contribution in [3.8, 4) is 0 Å². The van der Waals surface area contributed by atoms with Crippen LogP contribution in [0.15, 0.2) is 48.5 Å². The Labute approximate surface area is 125 Å². The fourth-order valence-corrected chi connectivity index (χ4v) is 2.13. The predicted octanol–water partition coefficient (Wildman–Crippen LogP) is 2.98. The van der Waals surface area contributed by atoms with Crippen LogP contribution >= 0.6 is 0 Å². The minimum atomic E-state index is -1.35. The average Bonchev–Trinajstić information content (AvgIpc) is 2.48. The largest absolute Gasteiger partial charge is 0.478 e. The van der Waals surface area contributed by atoms with E-state index in [0.29, 0.717) is 5.69 Å². The van der Waals surface area contributed by atoms with Crippen molar-refractivity contribution in [2.45, 2.75) is 6.92 Å². The zero-order valence-corrected chi connectivity index (χ0v) is 11.6. The molecule has 0 saturated carbocycles. The van der Waals surface area contributed by atoms with Gasteiger partial charge in [-0.2, -0.15) is 0 Å². The number of hydrogen-bond acceptors (Lipinski definition) is 4. The lowest BCUT2D eigenvalue weighted by molar-refractivity contribution is -0.384. The van der Waals surface area contributed by atoms with E-state index >= 15 is 0 Å². The summed E-state index contributed by atoms with van der Waals surface area (Å²) in [6.45, 7) is 1.22. The number of carbonyl (C=O) groups is 2. The van der Waals surface area contributed by atoms with E-state index in [1.807, 2.05) is 0 Å². The number of hydrogen-bond donors (Lipinski definition) is 1. The molecule has 2 aromatic rings. The van der Waals surface area contributed by atoms with E-state index in [2.05, 4.69) is 0 Å². The number of carbonyl (C=O) groups excluding carboxylic acids is 1. The van der Waals surface area contributed by atoms with E-state index in [-0.39, 0.29) is 11.3 Å². The van der Waals surface area contributed by atoms with Gasteiger partial charge in [0.05, 0.1) is 10.5 Å². The monoisotopic (exact) mass is 300 g/mol. The Hall–Kier alpha value is -3.22.